The Bertz CT molecular complexity index is 592. The Hall–Kier alpha value is -0.900. The lowest BCUT2D eigenvalue weighted by molar-refractivity contribution is -0.00000441. The van der Waals surface area contributed by atoms with E-state index in [1.165, 1.54) is 15.9 Å². The fourth-order valence-electron chi connectivity index (χ4n) is 3.04. The number of hydrogen-bond donors (Lipinski definition) is 0. The Morgan fingerprint density at radius 3 is 1.04 bits per heavy atom. The van der Waals surface area contributed by atoms with Crippen molar-refractivity contribution in [3.8, 4) is 0 Å². The van der Waals surface area contributed by atoms with Crippen LogP contribution in [0.15, 0.2) is 91.0 Å². The van der Waals surface area contributed by atoms with Gasteiger partial charge in [0, 0.05) is 0 Å². The van der Waals surface area contributed by atoms with E-state index in [1.807, 2.05) is 0 Å². The minimum Gasteiger partial charge on any atom is -1.00 e. The molecule has 0 radical (unpaired) electrons. The van der Waals surface area contributed by atoms with E-state index in [9.17, 15) is 0 Å². The summed E-state index contributed by atoms with van der Waals surface area (Å²) in [4.78, 5) is 0. The summed E-state index contributed by atoms with van der Waals surface area (Å²) in [5, 5.41) is 4.39. The van der Waals surface area contributed by atoms with E-state index in [1.54, 1.807) is 0 Å². The summed E-state index contributed by atoms with van der Waals surface area (Å²) in [6.45, 7) is 2.32. The van der Waals surface area contributed by atoms with Gasteiger partial charge in [-0.15, -0.1) is 12.4 Å². The van der Waals surface area contributed by atoms with Crippen molar-refractivity contribution >= 4 is 45.5 Å². The van der Waals surface area contributed by atoms with Gasteiger partial charge in [0.25, 0.3) is 0 Å². The molecule has 0 N–H and O–H groups in total. The smallest absolute Gasteiger partial charge is 0.111 e. The molecule has 3 aromatic carbocycles. The first-order valence-electron chi connectivity index (χ1n) is 7.43. The molecule has 0 aliphatic rings. The van der Waals surface area contributed by atoms with Crippen molar-refractivity contribution in [3.63, 3.8) is 0 Å². The fourth-order valence-corrected chi connectivity index (χ4v) is 7.08. The van der Waals surface area contributed by atoms with Gasteiger partial charge in [-0.1, -0.05) is 54.6 Å². The van der Waals surface area contributed by atoms with Crippen LogP contribution in [0.1, 0.15) is 6.92 Å². The molecule has 0 bridgehead atoms. The molecule has 0 fully saturated rings. The van der Waals surface area contributed by atoms with E-state index in [0.29, 0.717) is 0 Å². The number of rotatable bonds is 4. The third-order valence-electron chi connectivity index (χ3n) is 4.07. The summed E-state index contributed by atoms with van der Waals surface area (Å²) in [7, 11) is -1.53. The standard InChI is InChI=1S/C20H20P.2ClH.H3P/c1-2-21(18-12-6-3-7-13-18,19-14-8-4-9-15-19)20-16-10-5-11-17-20;;;/h3-17H,2H2,1H3;2*1H;1H3/q+1;;;/p-1. The number of benzene rings is 3. The third-order valence-corrected chi connectivity index (χ3v) is 8.55. The van der Waals surface area contributed by atoms with Crippen LogP contribution in [0, 0.1) is 0 Å². The van der Waals surface area contributed by atoms with Crippen LogP contribution >= 0.6 is 29.6 Å². The van der Waals surface area contributed by atoms with E-state index >= 15 is 0 Å². The molecule has 24 heavy (non-hydrogen) atoms. The fraction of sp³-hybridized carbons (Fsp3) is 0.100. The average molecular weight is 397 g/mol. The summed E-state index contributed by atoms with van der Waals surface area (Å²) in [5.41, 5.74) is 0. The minimum atomic E-state index is -1.53. The highest BCUT2D eigenvalue weighted by Gasteiger charge is 2.43. The molecule has 0 saturated carbocycles. The molecular weight excluding hydrogens is 373 g/mol. The maximum atomic E-state index is 2.32. The Labute approximate surface area is 161 Å². The Balaban J connectivity index is 0.00000176. The summed E-state index contributed by atoms with van der Waals surface area (Å²) in [6, 6.07) is 33.0. The third kappa shape index (κ3) is 4.38. The minimum absolute atomic E-state index is 0. The van der Waals surface area contributed by atoms with E-state index in [4.69, 9.17) is 0 Å². The van der Waals surface area contributed by atoms with E-state index in [-0.39, 0.29) is 34.7 Å². The van der Waals surface area contributed by atoms with Gasteiger partial charge in [-0.25, -0.2) is 0 Å². The highest BCUT2D eigenvalue weighted by molar-refractivity contribution is 7.95. The van der Waals surface area contributed by atoms with Crippen LogP contribution in [0.25, 0.3) is 0 Å². The van der Waals surface area contributed by atoms with Crippen molar-refractivity contribution in [2.75, 3.05) is 6.16 Å². The van der Waals surface area contributed by atoms with Crippen LogP contribution in [-0.2, 0) is 0 Å². The molecule has 1 atom stereocenters. The zero-order valence-corrected chi connectivity index (χ0v) is 17.7. The quantitative estimate of drug-likeness (QED) is 0.586. The molecule has 0 heterocycles. The SMILES string of the molecule is CC[P+](c1ccccc1)(c1ccccc1)c1ccccc1.Cl.P.[Cl-]. The van der Waals surface area contributed by atoms with Gasteiger partial charge in [0.05, 0.1) is 6.16 Å². The summed E-state index contributed by atoms with van der Waals surface area (Å²) in [6.07, 6.45) is 1.14. The van der Waals surface area contributed by atoms with E-state index < -0.39 is 7.26 Å². The molecular formula is C20H24Cl2P2. The molecule has 3 aromatic rings. The van der Waals surface area contributed by atoms with Gasteiger partial charge >= 0.3 is 0 Å². The first-order chi connectivity index (χ1) is 10.4. The molecule has 1 unspecified atom stereocenters. The molecule has 0 saturated heterocycles. The second kappa shape index (κ2) is 10.9. The highest BCUT2D eigenvalue weighted by atomic mass is 35.5. The molecule has 0 spiro atoms. The molecule has 0 aliphatic heterocycles. The highest BCUT2D eigenvalue weighted by Crippen LogP contribution is 2.54. The Kier molecular flexibility index (Phi) is 10.5. The van der Waals surface area contributed by atoms with Gasteiger partial charge in [-0.3, -0.25) is 0 Å². The predicted octanol–water partition coefficient (Wildman–Crippen LogP) is 1.48. The van der Waals surface area contributed by atoms with Crippen LogP contribution in [0.5, 0.6) is 0 Å². The van der Waals surface area contributed by atoms with Gasteiger partial charge in [-0.2, -0.15) is 9.90 Å². The first-order valence-corrected chi connectivity index (χ1v) is 9.40. The van der Waals surface area contributed by atoms with Gasteiger partial charge < -0.3 is 12.4 Å². The van der Waals surface area contributed by atoms with E-state index in [2.05, 4.69) is 97.9 Å². The molecule has 0 nitrogen and oxygen atoms in total. The van der Waals surface area contributed by atoms with Crippen LogP contribution in [0.2, 0.25) is 0 Å². The molecule has 3 rings (SSSR count). The second-order valence-electron chi connectivity index (χ2n) is 5.13. The lowest BCUT2D eigenvalue weighted by atomic mass is 10.4. The number of hydrogen-bond acceptors (Lipinski definition) is 0. The average Bonchev–Trinajstić information content (AvgIpc) is 2.59. The Morgan fingerprint density at radius 2 is 0.833 bits per heavy atom. The monoisotopic (exact) mass is 396 g/mol. The van der Waals surface area contributed by atoms with Crippen molar-refractivity contribution in [1.29, 1.82) is 0 Å². The van der Waals surface area contributed by atoms with Gasteiger partial charge in [0.15, 0.2) is 0 Å². The van der Waals surface area contributed by atoms with Crippen LogP contribution in [-0.4, -0.2) is 6.16 Å². The predicted molar refractivity (Wildman–Crippen MR) is 114 cm³/mol. The van der Waals surface area contributed by atoms with Crippen molar-refractivity contribution in [1.82, 2.24) is 0 Å². The molecule has 0 amide bonds. The van der Waals surface area contributed by atoms with Gasteiger partial charge in [0.1, 0.15) is 23.2 Å². The second-order valence-corrected chi connectivity index (χ2v) is 8.93. The van der Waals surface area contributed by atoms with Crippen LogP contribution < -0.4 is 28.3 Å². The normalized spacial score (nSPS) is 9.88. The zero-order valence-electron chi connectivity index (χ0n) is 13.8. The van der Waals surface area contributed by atoms with Gasteiger partial charge in [0.2, 0.25) is 0 Å². The van der Waals surface area contributed by atoms with Crippen molar-refractivity contribution in [3.05, 3.63) is 91.0 Å². The summed E-state index contributed by atoms with van der Waals surface area (Å²) >= 11 is 0. The first kappa shape index (κ1) is 23.1. The maximum Gasteiger partial charge on any atom is 0.111 e. The molecule has 0 aliphatic carbocycles. The molecule has 4 heteroatoms. The molecule has 0 aromatic heterocycles. The van der Waals surface area contributed by atoms with Crippen LogP contribution in [0.4, 0.5) is 0 Å². The number of halogens is 2. The lowest BCUT2D eigenvalue weighted by Crippen LogP contribution is -3.00. The Morgan fingerprint density at radius 1 is 0.583 bits per heavy atom. The largest absolute Gasteiger partial charge is 1.00 e. The summed E-state index contributed by atoms with van der Waals surface area (Å²) < 4.78 is 0. The van der Waals surface area contributed by atoms with Crippen molar-refractivity contribution in [2.45, 2.75) is 6.92 Å². The lowest BCUT2D eigenvalue weighted by Gasteiger charge is -2.26. The summed E-state index contributed by atoms with van der Waals surface area (Å²) in [5.74, 6) is 0. The molecule has 128 valence electrons. The van der Waals surface area contributed by atoms with E-state index in [0.717, 1.165) is 6.16 Å². The maximum absolute atomic E-state index is 2.32. The van der Waals surface area contributed by atoms with Crippen molar-refractivity contribution < 1.29 is 12.4 Å². The van der Waals surface area contributed by atoms with Crippen LogP contribution in [0.3, 0.4) is 0 Å². The van der Waals surface area contributed by atoms with Crippen molar-refractivity contribution in [2.24, 2.45) is 0 Å². The zero-order chi connectivity index (χ0) is 14.5. The topological polar surface area (TPSA) is 0 Å². The van der Waals surface area contributed by atoms with Gasteiger partial charge in [-0.05, 0) is 43.3 Å².